The van der Waals surface area contributed by atoms with Crippen LogP contribution in [0.4, 0.5) is 15.8 Å². The molecule has 1 atom stereocenters. The number of hydrogen-bond acceptors (Lipinski definition) is 7. The Kier molecular flexibility index (Phi) is 9.69. The molecule has 0 fully saturated rings. The van der Waals surface area contributed by atoms with Gasteiger partial charge in [-0.3, -0.25) is 0 Å². The van der Waals surface area contributed by atoms with E-state index in [1.807, 2.05) is 17.9 Å². The third kappa shape index (κ3) is 7.98. The summed E-state index contributed by atoms with van der Waals surface area (Å²) >= 11 is 1.51. The number of nitrogens with zero attached hydrogens (tertiary/aromatic N) is 1. The fourth-order valence-electron chi connectivity index (χ4n) is 4.19. The number of fused-ring (bicyclic) bond motifs is 1. The van der Waals surface area contributed by atoms with E-state index in [1.54, 1.807) is 39.0 Å². The van der Waals surface area contributed by atoms with Crippen LogP contribution in [0.25, 0.3) is 0 Å². The average Bonchev–Trinajstić information content (AvgIpc) is 2.91. The number of hydrogen-bond donors (Lipinski definition) is 0. The van der Waals surface area contributed by atoms with Gasteiger partial charge in [-0.1, -0.05) is 26.7 Å². The molecule has 1 aliphatic heterocycles. The van der Waals surface area contributed by atoms with Crippen LogP contribution in [0.1, 0.15) is 53.9 Å². The molecule has 0 saturated carbocycles. The number of halogens is 1. The van der Waals surface area contributed by atoms with E-state index in [-0.39, 0.29) is 22.4 Å². The first-order chi connectivity index (χ1) is 17.4. The molecule has 0 spiro atoms. The van der Waals surface area contributed by atoms with Gasteiger partial charge in [0.25, 0.3) is 0 Å². The van der Waals surface area contributed by atoms with E-state index in [0.717, 1.165) is 35.6 Å². The van der Waals surface area contributed by atoms with Gasteiger partial charge in [-0.25, -0.2) is 17.6 Å². The third-order valence-corrected chi connectivity index (χ3v) is 8.58. The summed E-state index contributed by atoms with van der Waals surface area (Å²) in [5.74, 6) is 0.108. The van der Waals surface area contributed by atoms with E-state index in [9.17, 15) is 17.6 Å². The number of rotatable bonds is 9. The Labute approximate surface area is 224 Å². The van der Waals surface area contributed by atoms with Crippen LogP contribution in [0.15, 0.2) is 58.5 Å². The zero-order valence-corrected chi connectivity index (χ0v) is 23.8. The Bertz CT molecular complexity index is 1220. The largest absolute Gasteiger partial charge is 0.464 e. The number of carbonyl (C=O) groups excluding carboxylic acids is 1. The van der Waals surface area contributed by atoms with Gasteiger partial charge in [0.2, 0.25) is 0 Å². The van der Waals surface area contributed by atoms with Crippen LogP contribution in [0.3, 0.4) is 0 Å². The van der Waals surface area contributed by atoms with Crippen LogP contribution in [0, 0.1) is 11.7 Å². The molecule has 0 aromatic heterocycles. The minimum atomic E-state index is -3.65. The SMILES string of the molecule is CCCC[C@H]1CN(c2ccc(F)cc2)c2cc(SCC)c(O/C=C/C(=O)OC(C)(C)C)cc2S(=O)(=O)C1. The Morgan fingerprint density at radius 1 is 1.19 bits per heavy atom. The minimum absolute atomic E-state index is 0.0190. The van der Waals surface area contributed by atoms with Crippen LogP contribution < -0.4 is 9.64 Å². The molecule has 0 bridgehead atoms. The number of sulfone groups is 1. The third-order valence-electron chi connectivity index (χ3n) is 5.76. The molecule has 0 amide bonds. The summed E-state index contributed by atoms with van der Waals surface area (Å²) in [5, 5.41) is 0. The lowest BCUT2D eigenvalue weighted by Gasteiger charge is -2.28. The number of benzene rings is 2. The number of thioether (sulfide) groups is 1. The summed E-state index contributed by atoms with van der Waals surface area (Å²) in [6.45, 7) is 9.90. The van der Waals surface area contributed by atoms with Crippen LogP contribution >= 0.6 is 11.8 Å². The Hall–Kier alpha value is -2.52. The highest BCUT2D eigenvalue weighted by atomic mass is 32.2. The maximum Gasteiger partial charge on any atom is 0.334 e. The van der Waals surface area contributed by atoms with E-state index >= 15 is 0 Å². The van der Waals surface area contributed by atoms with E-state index in [4.69, 9.17) is 9.47 Å². The first kappa shape index (κ1) is 29.0. The lowest BCUT2D eigenvalue weighted by molar-refractivity contribution is -0.148. The van der Waals surface area contributed by atoms with Crippen molar-refractivity contribution >= 4 is 38.9 Å². The van der Waals surface area contributed by atoms with Crippen molar-refractivity contribution in [2.24, 2.45) is 5.92 Å². The molecule has 0 N–H and O–H groups in total. The molecule has 6 nitrogen and oxygen atoms in total. The highest BCUT2D eigenvalue weighted by Crippen LogP contribution is 2.43. The van der Waals surface area contributed by atoms with Crippen molar-refractivity contribution in [1.29, 1.82) is 0 Å². The Balaban J connectivity index is 2.08. The van der Waals surface area contributed by atoms with Crippen LogP contribution in [-0.2, 0) is 19.4 Å². The quantitative estimate of drug-likeness (QED) is 0.146. The summed E-state index contributed by atoms with van der Waals surface area (Å²) in [5.41, 5.74) is 0.637. The summed E-state index contributed by atoms with van der Waals surface area (Å²) in [6, 6.07) is 9.49. The molecule has 0 radical (unpaired) electrons. The van der Waals surface area contributed by atoms with Gasteiger partial charge >= 0.3 is 5.97 Å². The normalized spacial score (nSPS) is 17.4. The van der Waals surface area contributed by atoms with Crippen LogP contribution in [0.5, 0.6) is 5.75 Å². The molecule has 2 aromatic rings. The molecule has 202 valence electrons. The maximum atomic E-state index is 13.7. The number of anilines is 2. The monoisotopic (exact) mass is 549 g/mol. The van der Waals surface area contributed by atoms with Crippen molar-refractivity contribution in [3.63, 3.8) is 0 Å². The lowest BCUT2D eigenvalue weighted by Crippen LogP contribution is -2.26. The molecule has 3 rings (SSSR count). The van der Waals surface area contributed by atoms with E-state index < -0.39 is 21.4 Å². The summed E-state index contributed by atoms with van der Waals surface area (Å²) in [4.78, 5) is 14.9. The zero-order valence-electron chi connectivity index (χ0n) is 22.1. The molecule has 1 aliphatic rings. The number of esters is 1. The second-order valence-corrected chi connectivity index (χ2v) is 13.3. The molecular formula is C28H36FNO5S2. The molecule has 0 saturated heterocycles. The summed E-state index contributed by atoms with van der Waals surface area (Å²) < 4.78 is 52.0. The van der Waals surface area contributed by atoms with Crippen molar-refractivity contribution in [3.05, 3.63) is 54.6 Å². The van der Waals surface area contributed by atoms with E-state index in [2.05, 4.69) is 6.92 Å². The van der Waals surface area contributed by atoms with Crippen LogP contribution in [-0.4, -0.2) is 38.0 Å². The van der Waals surface area contributed by atoms with E-state index in [0.29, 0.717) is 18.0 Å². The molecular weight excluding hydrogens is 513 g/mol. The fraction of sp³-hybridized carbons (Fsp3) is 0.464. The predicted octanol–water partition coefficient (Wildman–Crippen LogP) is 6.90. The van der Waals surface area contributed by atoms with Gasteiger partial charge in [0.05, 0.1) is 33.6 Å². The minimum Gasteiger partial charge on any atom is -0.464 e. The van der Waals surface area contributed by atoms with Crippen molar-refractivity contribution in [2.75, 3.05) is 23.0 Å². The zero-order chi connectivity index (χ0) is 27.2. The van der Waals surface area contributed by atoms with Gasteiger partial charge in [0.1, 0.15) is 17.2 Å². The average molecular weight is 550 g/mol. The van der Waals surface area contributed by atoms with Crippen LogP contribution in [0.2, 0.25) is 0 Å². The van der Waals surface area contributed by atoms with Crippen molar-refractivity contribution in [3.8, 4) is 5.75 Å². The topological polar surface area (TPSA) is 72.9 Å². The number of ether oxygens (including phenoxy) is 2. The Morgan fingerprint density at radius 2 is 1.89 bits per heavy atom. The van der Waals surface area contributed by atoms with Gasteiger partial charge in [-0.15, -0.1) is 11.8 Å². The molecule has 0 aliphatic carbocycles. The fourth-order valence-corrected chi connectivity index (χ4v) is 6.79. The highest BCUT2D eigenvalue weighted by molar-refractivity contribution is 7.99. The van der Waals surface area contributed by atoms with Gasteiger partial charge in [-0.2, -0.15) is 0 Å². The standard InChI is InChI=1S/C28H36FNO5S2/c1-6-8-9-20-18-30(22-12-10-21(29)11-13-22)23-16-25(36-7-2)24(17-26(23)37(32,33)19-20)34-15-14-27(31)35-28(3,4)5/h10-17,20H,6-9,18-19H2,1-5H3/b15-14+/t20-/m0/s1. The first-order valence-corrected chi connectivity index (χ1v) is 15.2. The maximum absolute atomic E-state index is 13.7. The predicted molar refractivity (Wildman–Crippen MR) is 147 cm³/mol. The highest BCUT2D eigenvalue weighted by Gasteiger charge is 2.33. The molecule has 37 heavy (non-hydrogen) atoms. The Morgan fingerprint density at radius 3 is 2.51 bits per heavy atom. The second-order valence-electron chi connectivity index (χ2n) is 10.0. The van der Waals surface area contributed by atoms with E-state index in [1.165, 1.54) is 36.2 Å². The van der Waals surface area contributed by atoms with Gasteiger partial charge in [-0.05, 0) is 69.2 Å². The van der Waals surface area contributed by atoms with Crippen molar-refractivity contribution in [1.82, 2.24) is 0 Å². The lowest BCUT2D eigenvalue weighted by atomic mass is 10.0. The molecule has 0 unspecified atom stereocenters. The van der Waals surface area contributed by atoms with Crippen molar-refractivity contribution in [2.45, 2.75) is 69.3 Å². The van der Waals surface area contributed by atoms with Gasteiger partial charge < -0.3 is 14.4 Å². The molecule has 1 heterocycles. The molecule has 2 aromatic carbocycles. The van der Waals surface area contributed by atoms with Gasteiger partial charge in [0, 0.05) is 18.3 Å². The number of unbranched alkanes of at least 4 members (excludes halogenated alkanes) is 1. The summed E-state index contributed by atoms with van der Waals surface area (Å²) in [7, 11) is -3.65. The van der Waals surface area contributed by atoms with Gasteiger partial charge in [0.15, 0.2) is 9.84 Å². The number of carbonyl (C=O) groups is 1. The van der Waals surface area contributed by atoms with Crippen molar-refractivity contribution < 1.29 is 27.1 Å². The summed E-state index contributed by atoms with van der Waals surface area (Å²) in [6.07, 6.45) is 5.08. The molecule has 9 heteroatoms. The first-order valence-electron chi connectivity index (χ1n) is 12.6. The smallest absolute Gasteiger partial charge is 0.334 e. The second kappa shape index (κ2) is 12.3.